The quantitative estimate of drug-likeness (QED) is 0.337. The predicted molar refractivity (Wildman–Crippen MR) is 149 cm³/mol. The number of hydrogen-bond donors (Lipinski definition) is 1. The van der Waals surface area contributed by atoms with Gasteiger partial charge in [0.1, 0.15) is 17.5 Å². The Hall–Kier alpha value is -3.51. The Kier molecular flexibility index (Phi) is 10.0. The average Bonchev–Trinajstić information content (AvgIpc) is 2.95. The Morgan fingerprint density at radius 2 is 1.61 bits per heavy atom. The minimum absolute atomic E-state index is 0.133. The van der Waals surface area contributed by atoms with Gasteiger partial charge < -0.3 is 19.7 Å². The molecule has 1 saturated carbocycles. The lowest BCUT2D eigenvalue weighted by molar-refractivity contribution is -0.143. The van der Waals surface area contributed by atoms with Crippen molar-refractivity contribution in [2.45, 2.75) is 57.2 Å². The molecule has 1 N–H and O–H groups in total. The summed E-state index contributed by atoms with van der Waals surface area (Å²) in [5.41, 5.74) is 1.83. The van der Waals surface area contributed by atoms with Gasteiger partial charge in [0, 0.05) is 24.0 Å². The summed E-state index contributed by atoms with van der Waals surface area (Å²) in [5, 5.41) is 3.82. The van der Waals surface area contributed by atoms with Gasteiger partial charge in [-0.15, -0.1) is 0 Å². The lowest BCUT2D eigenvalue weighted by atomic mass is 9.94. The molecular formula is C31H35ClN2O4. The Morgan fingerprint density at radius 3 is 2.29 bits per heavy atom. The van der Waals surface area contributed by atoms with Gasteiger partial charge in [-0.05, 0) is 60.4 Å². The minimum atomic E-state index is -0.703. The second-order valence-electron chi connectivity index (χ2n) is 9.66. The standard InChI is InChI=1S/C31H35ClN2O4/c1-37-27-15-17-28(18-16-27)38-22-30(35)34(21-24-11-8-12-25(32)19-24)29(20-23-9-4-2-5-10-23)31(36)33-26-13-6-3-7-14-26/h2,4-5,8-12,15-19,26,29H,3,6-7,13-14,20-22H2,1H3,(H,33,36). The number of carbonyl (C=O) groups excluding carboxylic acids is 2. The van der Waals surface area contributed by atoms with Crippen LogP contribution in [0.2, 0.25) is 5.02 Å². The van der Waals surface area contributed by atoms with E-state index in [0.29, 0.717) is 22.9 Å². The zero-order valence-electron chi connectivity index (χ0n) is 21.8. The molecule has 0 radical (unpaired) electrons. The number of carbonyl (C=O) groups is 2. The number of rotatable bonds is 11. The summed E-state index contributed by atoms with van der Waals surface area (Å²) in [6.45, 7) is 0.0375. The highest BCUT2D eigenvalue weighted by Gasteiger charge is 2.32. The Labute approximate surface area is 229 Å². The SMILES string of the molecule is COc1ccc(OCC(=O)N(Cc2cccc(Cl)c2)C(Cc2ccccc2)C(=O)NC2CCCCC2)cc1. The first-order chi connectivity index (χ1) is 18.5. The van der Waals surface area contributed by atoms with Crippen LogP contribution in [0, 0.1) is 0 Å². The van der Waals surface area contributed by atoms with Crippen LogP contribution in [-0.4, -0.2) is 42.5 Å². The first-order valence-corrected chi connectivity index (χ1v) is 13.5. The van der Waals surface area contributed by atoms with E-state index in [2.05, 4.69) is 5.32 Å². The van der Waals surface area contributed by atoms with Crippen LogP contribution < -0.4 is 14.8 Å². The molecule has 38 heavy (non-hydrogen) atoms. The Morgan fingerprint density at radius 1 is 0.921 bits per heavy atom. The molecule has 0 bridgehead atoms. The fraction of sp³-hybridized carbons (Fsp3) is 0.355. The number of ether oxygens (including phenoxy) is 2. The third kappa shape index (κ3) is 7.99. The number of nitrogens with zero attached hydrogens (tertiary/aromatic N) is 1. The largest absolute Gasteiger partial charge is 0.497 e. The molecule has 0 saturated heterocycles. The molecule has 0 aromatic heterocycles. The smallest absolute Gasteiger partial charge is 0.261 e. The van der Waals surface area contributed by atoms with Gasteiger partial charge >= 0.3 is 0 Å². The van der Waals surface area contributed by atoms with E-state index >= 15 is 0 Å². The molecule has 1 fully saturated rings. The lowest BCUT2D eigenvalue weighted by Gasteiger charge is -2.33. The second kappa shape index (κ2) is 13.9. The van der Waals surface area contributed by atoms with Crippen molar-refractivity contribution in [3.8, 4) is 11.5 Å². The van der Waals surface area contributed by atoms with Crippen molar-refractivity contribution in [3.05, 3.63) is 95.0 Å². The molecule has 4 rings (SSSR count). The molecular weight excluding hydrogens is 500 g/mol. The van der Waals surface area contributed by atoms with Crippen LogP contribution in [0.15, 0.2) is 78.9 Å². The van der Waals surface area contributed by atoms with E-state index in [1.165, 1.54) is 6.42 Å². The maximum atomic E-state index is 13.8. The van der Waals surface area contributed by atoms with Gasteiger partial charge in [0.2, 0.25) is 5.91 Å². The predicted octanol–water partition coefficient (Wildman–Crippen LogP) is 5.82. The zero-order valence-corrected chi connectivity index (χ0v) is 22.5. The Bertz CT molecular complexity index is 1180. The number of halogens is 1. The normalized spacial score (nSPS) is 14.4. The van der Waals surface area contributed by atoms with E-state index in [9.17, 15) is 9.59 Å². The number of benzene rings is 3. The number of hydrogen-bond acceptors (Lipinski definition) is 4. The number of amides is 2. The molecule has 1 aliphatic carbocycles. The fourth-order valence-corrected chi connectivity index (χ4v) is 5.04. The monoisotopic (exact) mass is 534 g/mol. The lowest BCUT2D eigenvalue weighted by Crippen LogP contribution is -2.53. The molecule has 0 aliphatic heterocycles. The summed E-state index contributed by atoms with van der Waals surface area (Å²) >= 11 is 6.26. The second-order valence-corrected chi connectivity index (χ2v) is 10.1. The van der Waals surface area contributed by atoms with Gasteiger partial charge in [0.05, 0.1) is 7.11 Å². The molecule has 1 unspecified atom stereocenters. The molecule has 7 heteroatoms. The molecule has 0 heterocycles. The van der Waals surface area contributed by atoms with Crippen molar-refractivity contribution in [2.75, 3.05) is 13.7 Å². The van der Waals surface area contributed by atoms with Gasteiger partial charge in [-0.3, -0.25) is 9.59 Å². The third-order valence-corrected chi connectivity index (χ3v) is 7.12. The fourth-order valence-electron chi connectivity index (χ4n) is 4.83. The summed E-state index contributed by atoms with van der Waals surface area (Å²) in [7, 11) is 1.60. The molecule has 6 nitrogen and oxygen atoms in total. The topological polar surface area (TPSA) is 67.9 Å². The molecule has 3 aromatic carbocycles. The number of nitrogens with one attached hydrogen (secondary N) is 1. The Balaban J connectivity index is 1.59. The van der Waals surface area contributed by atoms with Crippen molar-refractivity contribution in [3.63, 3.8) is 0 Å². The van der Waals surface area contributed by atoms with E-state index in [0.717, 1.165) is 36.8 Å². The minimum Gasteiger partial charge on any atom is -0.497 e. The first-order valence-electron chi connectivity index (χ1n) is 13.2. The van der Waals surface area contributed by atoms with Crippen LogP contribution in [0.25, 0.3) is 0 Å². The van der Waals surface area contributed by atoms with E-state index < -0.39 is 6.04 Å². The molecule has 1 atom stereocenters. The van der Waals surface area contributed by atoms with Gasteiger partial charge in [-0.25, -0.2) is 0 Å². The maximum absolute atomic E-state index is 13.8. The summed E-state index contributed by atoms with van der Waals surface area (Å²) < 4.78 is 11.0. The van der Waals surface area contributed by atoms with E-state index in [-0.39, 0.29) is 31.0 Å². The van der Waals surface area contributed by atoms with Crippen LogP contribution in [0.5, 0.6) is 11.5 Å². The van der Waals surface area contributed by atoms with Gasteiger partial charge in [0.25, 0.3) is 5.91 Å². The van der Waals surface area contributed by atoms with Crippen molar-refractivity contribution < 1.29 is 19.1 Å². The van der Waals surface area contributed by atoms with Crippen LogP contribution in [0.4, 0.5) is 0 Å². The summed E-state index contributed by atoms with van der Waals surface area (Å²) in [5.74, 6) is 0.836. The molecule has 200 valence electrons. The highest BCUT2D eigenvalue weighted by atomic mass is 35.5. The van der Waals surface area contributed by atoms with Crippen molar-refractivity contribution in [2.24, 2.45) is 0 Å². The molecule has 0 spiro atoms. The molecule has 1 aliphatic rings. The summed E-state index contributed by atoms with van der Waals surface area (Å²) in [6.07, 6.45) is 5.74. The van der Waals surface area contributed by atoms with Crippen LogP contribution in [0.3, 0.4) is 0 Å². The van der Waals surface area contributed by atoms with E-state index in [4.69, 9.17) is 21.1 Å². The maximum Gasteiger partial charge on any atom is 0.261 e. The van der Waals surface area contributed by atoms with Gasteiger partial charge in [-0.1, -0.05) is 73.3 Å². The van der Waals surface area contributed by atoms with Crippen molar-refractivity contribution >= 4 is 23.4 Å². The van der Waals surface area contributed by atoms with Crippen LogP contribution >= 0.6 is 11.6 Å². The van der Waals surface area contributed by atoms with Crippen molar-refractivity contribution in [1.29, 1.82) is 0 Å². The molecule has 3 aromatic rings. The highest BCUT2D eigenvalue weighted by molar-refractivity contribution is 6.30. The summed E-state index contributed by atoms with van der Waals surface area (Å²) in [4.78, 5) is 29.1. The first kappa shape index (κ1) is 27.5. The third-order valence-electron chi connectivity index (χ3n) is 6.89. The molecule has 2 amide bonds. The number of methoxy groups -OCH3 is 1. The zero-order chi connectivity index (χ0) is 26.7. The van der Waals surface area contributed by atoms with Gasteiger partial charge in [0.15, 0.2) is 6.61 Å². The summed E-state index contributed by atoms with van der Waals surface area (Å²) in [6, 6.07) is 23.7. The van der Waals surface area contributed by atoms with E-state index in [1.54, 1.807) is 42.3 Å². The average molecular weight is 535 g/mol. The highest BCUT2D eigenvalue weighted by Crippen LogP contribution is 2.22. The van der Waals surface area contributed by atoms with Crippen LogP contribution in [0.1, 0.15) is 43.2 Å². The van der Waals surface area contributed by atoms with E-state index in [1.807, 2.05) is 48.5 Å². The van der Waals surface area contributed by atoms with Crippen LogP contribution in [-0.2, 0) is 22.6 Å². The van der Waals surface area contributed by atoms with Gasteiger partial charge in [-0.2, -0.15) is 0 Å². The van der Waals surface area contributed by atoms with Crippen molar-refractivity contribution in [1.82, 2.24) is 10.2 Å².